The summed E-state index contributed by atoms with van der Waals surface area (Å²) in [6.45, 7) is 0. The van der Waals surface area contributed by atoms with Gasteiger partial charge in [-0.05, 0) is 22.0 Å². The Balaban J connectivity index is 3.35. The van der Waals surface area contributed by atoms with Crippen LogP contribution in [0.25, 0.3) is 0 Å². The number of nitrogens with two attached hydrogens (primary N) is 2. The molecule has 1 aromatic heterocycles. The molecule has 0 saturated carbocycles. The van der Waals surface area contributed by atoms with Crippen molar-refractivity contribution in [3.8, 4) is 0 Å². The van der Waals surface area contributed by atoms with E-state index in [2.05, 4.69) is 20.9 Å². The molecule has 0 fully saturated rings. The molecule has 0 aromatic carbocycles. The second-order valence-corrected chi connectivity index (χ2v) is 3.26. The molecule has 7 heteroatoms. The zero-order chi connectivity index (χ0) is 10.9. The third-order valence-corrected chi connectivity index (χ3v) is 2.30. The Morgan fingerprint density at radius 2 is 2.14 bits per heavy atom. The van der Waals surface area contributed by atoms with E-state index in [-0.39, 0.29) is 15.9 Å². The van der Waals surface area contributed by atoms with E-state index >= 15 is 0 Å². The lowest BCUT2D eigenvalue weighted by Gasteiger charge is -2.06. The summed E-state index contributed by atoms with van der Waals surface area (Å²) in [5, 5.41) is 0. The van der Waals surface area contributed by atoms with E-state index in [9.17, 15) is 13.6 Å². The number of hydrogen-bond acceptors (Lipinski definition) is 3. The molecular formula is C7H6BrF2N3O. The fraction of sp³-hybridized carbons (Fsp3) is 0.143. The summed E-state index contributed by atoms with van der Waals surface area (Å²) in [4.78, 5) is 14.2. The Kier molecular flexibility index (Phi) is 3.00. The fourth-order valence-electron chi connectivity index (χ4n) is 0.845. The van der Waals surface area contributed by atoms with Crippen LogP contribution < -0.4 is 11.5 Å². The highest BCUT2D eigenvalue weighted by molar-refractivity contribution is 9.10. The first-order chi connectivity index (χ1) is 6.43. The molecule has 0 spiro atoms. The van der Waals surface area contributed by atoms with E-state index in [1.165, 1.54) is 0 Å². The molecule has 1 heterocycles. The maximum absolute atomic E-state index is 12.2. The van der Waals surface area contributed by atoms with Crippen LogP contribution in [0.15, 0.2) is 10.5 Å². The molecule has 0 saturated heterocycles. The van der Waals surface area contributed by atoms with Crippen molar-refractivity contribution in [2.24, 2.45) is 5.73 Å². The maximum atomic E-state index is 12.2. The van der Waals surface area contributed by atoms with Crippen LogP contribution in [0.4, 0.5) is 14.5 Å². The third kappa shape index (κ3) is 1.98. The van der Waals surface area contributed by atoms with Crippen LogP contribution in [0, 0.1) is 0 Å². The fourth-order valence-corrected chi connectivity index (χ4v) is 1.24. The van der Waals surface area contributed by atoms with Crippen molar-refractivity contribution < 1.29 is 13.6 Å². The molecule has 1 aromatic rings. The Bertz CT molecular complexity index is 383. The van der Waals surface area contributed by atoms with Gasteiger partial charge >= 0.3 is 0 Å². The number of rotatable bonds is 2. The number of nitrogen functional groups attached to an aromatic ring is 1. The number of nitrogens with zero attached hydrogens (tertiary/aromatic N) is 1. The predicted molar refractivity (Wildman–Crippen MR) is 49.8 cm³/mol. The quantitative estimate of drug-likeness (QED) is 0.850. The van der Waals surface area contributed by atoms with Crippen LogP contribution in [-0.4, -0.2) is 10.9 Å². The van der Waals surface area contributed by atoms with Crippen molar-refractivity contribution >= 4 is 27.5 Å². The number of pyridine rings is 1. The molecule has 0 unspecified atom stereocenters. The van der Waals surface area contributed by atoms with Gasteiger partial charge in [0.15, 0.2) is 0 Å². The first kappa shape index (κ1) is 10.8. The van der Waals surface area contributed by atoms with Crippen molar-refractivity contribution in [3.63, 3.8) is 0 Å². The van der Waals surface area contributed by atoms with Crippen LogP contribution in [0.2, 0.25) is 0 Å². The summed E-state index contributed by atoms with van der Waals surface area (Å²) >= 11 is 2.93. The topological polar surface area (TPSA) is 82.0 Å². The first-order valence-corrected chi connectivity index (χ1v) is 4.26. The van der Waals surface area contributed by atoms with Gasteiger partial charge in [0.05, 0.1) is 10.2 Å². The number of alkyl halides is 2. The van der Waals surface area contributed by atoms with Crippen molar-refractivity contribution in [3.05, 3.63) is 21.9 Å². The molecule has 0 aliphatic rings. The average molecular weight is 266 g/mol. The minimum atomic E-state index is -2.79. The van der Waals surface area contributed by atoms with Crippen molar-refractivity contribution in [2.45, 2.75) is 6.43 Å². The standard InChI is InChI=1S/C7H6BrF2N3O/c8-4-2(11)1-3(6(9)10)13-5(4)7(12)14/h1,6H,(H2,11,13)(H2,12,14). The summed E-state index contributed by atoms with van der Waals surface area (Å²) in [5.74, 6) is -0.911. The molecule has 14 heavy (non-hydrogen) atoms. The van der Waals surface area contributed by atoms with Gasteiger partial charge in [-0.25, -0.2) is 13.8 Å². The lowest BCUT2D eigenvalue weighted by molar-refractivity contribution is 0.0992. The van der Waals surface area contributed by atoms with E-state index in [1.807, 2.05) is 0 Å². The summed E-state index contributed by atoms with van der Waals surface area (Å²) < 4.78 is 24.6. The minimum Gasteiger partial charge on any atom is -0.398 e. The molecule has 0 aliphatic heterocycles. The summed E-state index contributed by atoms with van der Waals surface area (Å²) in [7, 11) is 0. The second-order valence-electron chi connectivity index (χ2n) is 2.46. The van der Waals surface area contributed by atoms with Crippen molar-refractivity contribution in [2.75, 3.05) is 5.73 Å². The van der Waals surface area contributed by atoms with E-state index < -0.39 is 18.0 Å². The van der Waals surface area contributed by atoms with Gasteiger partial charge in [0.1, 0.15) is 11.4 Å². The smallest absolute Gasteiger partial charge is 0.280 e. The van der Waals surface area contributed by atoms with Gasteiger partial charge in [0.2, 0.25) is 0 Å². The number of halogens is 3. The average Bonchev–Trinajstić information content (AvgIpc) is 2.08. The second kappa shape index (κ2) is 3.87. The number of primary amides is 1. The largest absolute Gasteiger partial charge is 0.398 e. The minimum absolute atomic E-state index is 0.00380. The Morgan fingerprint density at radius 3 is 2.57 bits per heavy atom. The van der Waals surface area contributed by atoms with Gasteiger partial charge in [-0.1, -0.05) is 0 Å². The summed E-state index contributed by atoms with van der Waals surface area (Å²) in [6.07, 6.45) is -2.79. The van der Waals surface area contributed by atoms with Crippen molar-refractivity contribution in [1.82, 2.24) is 4.98 Å². The first-order valence-electron chi connectivity index (χ1n) is 3.47. The van der Waals surface area contributed by atoms with Gasteiger partial charge in [0.25, 0.3) is 12.3 Å². The lowest BCUT2D eigenvalue weighted by Crippen LogP contribution is -2.16. The molecule has 1 rings (SSSR count). The molecule has 4 nitrogen and oxygen atoms in total. The molecule has 0 radical (unpaired) electrons. The van der Waals surface area contributed by atoms with Crippen LogP contribution in [0.3, 0.4) is 0 Å². The number of hydrogen-bond donors (Lipinski definition) is 2. The monoisotopic (exact) mass is 265 g/mol. The number of aromatic nitrogens is 1. The highest BCUT2D eigenvalue weighted by Crippen LogP contribution is 2.27. The Labute approximate surface area is 86.4 Å². The zero-order valence-electron chi connectivity index (χ0n) is 6.80. The van der Waals surface area contributed by atoms with E-state index in [0.29, 0.717) is 0 Å². The van der Waals surface area contributed by atoms with Gasteiger partial charge in [-0.15, -0.1) is 0 Å². The molecular weight excluding hydrogens is 260 g/mol. The van der Waals surface area contributed by atoms with E-state index in [4.69, 9.17) is 11.5 Å². The molecule has 1 amide bonds. The van der Waals surface area contributed by atoms with Crippen LogP contribution >= 0.6 is 15.9 Å². The summed E-state index contributed by atoms with van der Waals surface area (Å²) in [5.41, 5.74) is 9.43. The maximum Gasteiger partial charge on any atom is 0.280 e. The lowest BCUT2D eigenvalue weighted by atomic mass is 10.2. The molecule has 0 aliphatic carbocycles. The van der Waals surface area contributed by atoms with Crippen LogP contribution in [0.5, 0.6) is 0 Å². The van der Waals surface area contributed by atoms with E-state index in [1.54, 1.807) is 0 Å². The molecule has 0 bridgehead atoms. The Hall–Kier alpha value is -1.24. The third-order valence-electron chi connectivity index (χ3n) is 1.46. The highest BCUT2D eigenvalue weighted by Gasteiger charge is 2.17. The predicted octanol–water partition coefficient (Wildman–Crippen LogP) is 1.46. The Morgan fingerprint density at radius 1 is 1.57 bits per heavy atom. The van der Waals surface area contributed by atoms with Gasteiger partial charge in [-0.2, -0.15) is 0 Å². The molecule has 76 valence electrons. The molecule has 4 N–H and O–H groups in total. The SMILES string of the molecule is NC(=O)c1nc(C(F)F)cc(N)c1Br. The van der Waals surface area contributed by atoms with Gasteiger partial charge in [0, 0.05) is 0 Å². The van der Waals surface area contributed by atoms with Crippen LogP contribution in [0.1, 0.15) is 22.6 Å². The number of carbonyl (C=O) groups is 1. The number of anilines is 1. The van der Waals surface area contributed by atoms with E-state index in [0.717, 1.165) is 6.07 Å². The van der Waals surface area contributed by atoms with Gasteiger partial charge < -0.3 is 11.5 Å². The normalized spacial score (nSPS) is 10.6. The van der Waals surface area contributed by atoms with Crippen molar-refractivity contribution in [1.29, 1.82) is 0 Å². The summed E-state index contributed by atoms with van der Waals surface area (Å²) in [6, 6.07) is 0.987. The van der Waals surface area contributed by atoms with Crippen LogP contribution in [-0.2, 0) is 0 Å². The van der Waals surface area contributed by atoms with Gasteiger partial charge in [-0.3, -0.25) is 4.79 Å². The zero-order valence-corrected chi connectivity index (χ0v) is 8.38. The molecule has 0 atom stereocenters. The highest BCUT2D eigenvalue weighted by atomic mass is 79.9. The number of amides is 1. The number of carbonyl (C=O) groups excluding carboxylic acids is 1.